The first-order chi connectivity index (χ1) is 11.8. The van der Waals surface area contributed by atoms with Crippen molar-refractivity contribution >= 4 is 27.7 Å². The van der Waals surface area contributed by atoms with Gasteiger partial charge in [-0.3, -0.25) is 25.1 Å². The zero-order chi connectivity index (χ0) is 18.2. The van der Waals surface area contributed by atoms with Crippen molar-refractivity contribution in [1.29, 1.82) is 0 Å². The number of hydrogen-bond acceptors (Lipinski definition) is 3. The molecule has 6 nitrogen and oxygen atoms in total. The highest BCUT2D eigenvalue weighted by Crippen LogP contribution is 2.41. The van der Waals surface area contributed by atoms with Crippen LogP contribution < -0.4 is 10.9 Å². The van der Waals surface area contributed by atoms with Crippen LogP contribution in [0.3, 0.4) is 0 Å². The molecule has 0 atom stereocenters. The van der Waals surface area contributed by atoms with Gasteiger partial charge in [0.1, 0.15) is 0 Å². The molecule has 0 unspecified atom stereocenters. The fourth-order valence-corrected chi connectivity index (χ4v) is 2.83. The number of halogens is 1. The first-order valence-corrected chi connectivity index (χ1v) is 9.01. The molecule has 1 aliphatic carbocycles. The predicted molar refractivity (Wildman–Crippen MR) is 98.3 cm³/mol. The van der Waals surface area contributed by atoms with E-state index in [1.54, 1.807) is 24.3 Å². The summed E-state index contributed by atoms with van der Waals surface area (Å²) < 4.78 is 2.80. The average Bonchev–Trinajstić information content (AvgIpc) is 3.29. The summed E-state index contributed by atoms with van der Waals surface area (Å²) in [5.41, 5.74) is 6.52. The summed E-state index contributed by atoms with van der Waals surface area (Å²) in [6.45, 7) is 6.18. The van der Waals surface area contributed by atoms with Crippen molar-refractivity contribution in [2.45, 2.75) is 45.1 Å². The third kappa shape index (κ3) is 4.10. The highest BCUT2D eigenvalue weighted by molar-refractivity contribution is 9.10. The van der Waals surface area contributed by atoms with Gasteiger partial charge in [0.2, 0.25) is 0 Å². The van der Waals surface area contributed by atoms with Crippen molar-refractivity contribution in [3.05, 3.63) is 51.8 Å². The number of hydrazine groups is 1. The molecular formula is C18H21BrN4O2. The minimum absolute atomic E-state index is 0.197. The summed E-state index contributed by atoms with van der Waals surface area (Å²) >= 11 is 3.32. The lowest BCUT2D eigenvalue weighted by Crippen LogP contribution is -2.41. The van der Waals surface area contributed by atoms with E-state index in [9.17, 15) is 9.59 Å². The normalized spacial score (nSPS) is 14.2. The maximum Gasteiger partial charge on any atom is 0.290 e. The van der Waals surface area contributed by atoms with E-state index in [1.165, 1.54) is 0 Å². The van der Waals surface area contributed by atoms with Crippen LogP contribution in [0.15, 0.2) is 34.8 Å². The number of nitrogens with zero attached hydrogens (tertiary/aromatic N) is 2. The van der Waals surface area contributed by atoms with Crippen LogP contribution in [0, 0.1) is 0 Å². The van der Waals surface area contributed by atoms with E-state index in [0.29, 0.717) is 17.2 Å². The lowest BCUT2D eigenvalue weighted by Gasteiger charge is -2.22. The lowest BCUT2D eigenvalue weighted by atomic mass is 10.1. The third-order valence-electron chi connectivity index (χ3n) is 4.00. The summed E-state index contributed by atoms with van der Waals surface area (Å²) in [5.74, 6) is -0.320. The Labute approximate surface area is 155 Å². The molecule has 0 spiro atoms. The van der Waals surface area contributed by atoms with Crippen molar-refractivity contribution in [3.63, 3.8) is 0 Å². The summed E-state index contributed by atoms with van der Waals surface area (Å²) in [6, 6.07) is 8.70. The van der Waals surface area contributed by atoms with Crippen LogP contribution in [-0.4, -0.2) is 21.6 Å². The lowest BCUT2D eigenvalue weighted by molar-refractivity contribution is 0.0843. The van der Waals surface area contributed by atoms with Crippen molar-refractivity contribution in [3.8, 4) is 0 Å². The predicted octanol–water partition coefficient (Wildman–Crippen LogP) is 3.35. The molecule has 2 amide bonds. The molecule has 7 heteroatoms. The Morgan fingerprint density at radius 2 is 1.72 bits per heavy atom. The van der Waals surface area contributed by atoms with Crippen LogP contribution in [0.5, 0.6) is 0 Å². The van der Waals surface area contributed by atoms with Crippen LogP contribution in [0.25, 0.3) is 0 Å². The second-order valence-electron chi connectivity index (χ2n) is 7.23. The number of amides is 2. The van der Waals surface area contributed by atoms with Crippen LogP contribution >= 0.6 is 15.9 Å². The number of aromatic nitrogens is 2. The molecule has 1 aromatic heterocycles. The van der Waals surface area contributed by atoms with Gasteiger partial charge in [-0.15, -0.1) is 0 Å². The van der Waals surface area contributed by atoms with Crippen molar-refractivity contribution in [2.75, 3.05) is 0 Å². The Kier molecular flexibility index (Phi) is 4.69. The minimum atomic E-state index is -0.421. The van der Waals surface area contributed by atoms with Gasteiger partial charge in [-0.2, -0.15) is 5.10 Å². The molecule has 2 aromatic rings. The monoisotopic (exact) mass is 404 g/mol. The van der Waals surface area contributed by atoms with E-state index in [-0.39, 0.29) is 11.4 Å². The Hall–Kier alpha value is -2.15. The smallest absolute Gasteiger partial charge is 0.267 e. The van der Waals surface area contributed by atoms with E-state index in [4.69, 9.17) is 0 Å². The molecule has 3 rings (SSSR count). The Morgan fingerprint density at radius 3 is 2.28 bits per heavy atom. The molecule has 0 saturated heterocycles. The SMILES string of the molecule is CC(C)(C)n1nc(C(=O)NNC(=O)c2ccc(Br)cc2)cc1C1CC1. The van der Waals surface area contributed by atoms with Gasteiger partial charge in [-0.1, -0.05) is 15.9 Å². The standard InChI is InChI=1S/C18H21BrN4O2/c1-18(2,3)23-15(11-4-5-11)10-14(22-23)17(25)21-20-16(24)12-6-8-13(19)9-7-12/h6-11H,4-5H2,1-3H3,(H,20,24)(H,21,25). The third-order valence-corrected chi connectivity index (χ3v) is 4.53. The first kappa shape index (κ1) is 17.7. The molecular weight excluding hydrogens is 384 g/mol. The molecule has 0 bridgehead atoms. The van der Waals surface area contributed by atoms with E-state index in [1.807, 2.05) is 10.7 Å². The van der Waals surface area contributed by atoms with Gasteiger partial charge >= 0.3 is 0 Å². The Balaban J connectivity index is 1.69. The Bertz CT molecular complexity index is 801. The summed E-state index contributed by atoms with van der Waals surface area (Å²) in [5, 5.41) is 4.45. The van der Waals surface area contributed by atoms with Crippen LogP contribution in [-0.2, 0) is 5.54 Å². The number of benzene rings is 1. The van der Waals surface area contributed by atoms with Crippen LogP contribution in [0.2, 0.25) is 0 Å². The molecule has 1 saturated carbocycles. The topological polar surface area (TPSA) is 76.0 Å². The highest BCUT2D eigenvalue weighted by Gasteiger charge is 2.32. The van der Waals surface area contributed by atoms with Gasteiger partial charge in [0, 0.05) is 21.6 Å². The fourth-order valence-electron chi connectivity index (χ4n) is 2.56. The number of carbonyl (C=O) groups is 2. The van der Waals surface area contributed by atoms with Crippen molar-refractivity contribution in [1.82, 2.24) is 20.6 Å². The number of hydrogen-bond donors (Lipinski definition) is 2. The van der Waals surface area contributed by atoms with E-state index < -0.39 is 5.91 Å². The highest BCUT2D eigenvalue weighted by atomic mass is 79.9. The molecule has 1 aliphatic rings. The minimum Gasteiger partial charge on any atom is -0.267 e. The quantitative estimate of drug-likeness (QED) is 0.769. The average molecular weight is 405 g/mol. The van der Waals surface area contributed by atoms with Crippen LogP contribution in [0.1, 0.15) is 66.1 Å². The van der Waals surface area contributed by atoms with Crippen LogP contribution in [0.4, 0.5) is 0 Å². The largest absolute Gasteiger partial charge is 0.290 e. The van der Waals surface area contributed by atoms with Gasteiger partial charge in [0.25, 0.3) is 11.8 Å². The fraction of sp³-hybridized carbons (Fsp3) is 0.389. The molecule has 1 fully saturated rings. The second-order valence-corrected chi connectivity index (χ2v) is 8.14. The zero-order valence-corrected chi connectivity index (χ0v) is 16.1. The van der Waals surface area contributed by atoms with E-state index in [0.717, 1.165) is 23.0 Å². The molecule has 0 aliphatic heterocycles. The number of nitrogens with one attached hydrogen (secondary N) is 2. The van der Waals surface area contributed by atoms with Gasteiger partial charge in [-0.05, 0) is 63.9 Å². The maximum atomic E-state index is 12.4. The summed E-state index contributed by atoms with van der Waals surface area (Å²) in [4.78, 5) is 24.4. The van der Waals surface area contributed by atoms with Gasteiger partial charge in [0.15, 0.2) is 5.69 Å². The van der Waals surface area contributed by atoms with E-state index in [2.05, 4.69) is 52.7 Å². The van der Waals surface area contributed by atoms with Crippen molar-refractivity contribution < 1.29 is 9.59 Å². The molecule has 1 aromatic carbocycles. The van der Waals surface area contributed by atoms with Gasteiger partial charge < -0.3 is 0 Å². The molecule has 0 radical (unpaired) electrons. The molecule has 25 heavy (non-hydrogen) atoms. The first-order valence-electron chi connectivity index (χ1n) is 8.22. The summed E-state index contributed by atoms with van der Waals surface area (Å²) in [6.07, 6.45) is 2.26. The molecule has 132 valence electrons. The Morgan fingerprint density at radius 1 is 1.12 bits per heavy atom. The van der Waals surface area contributed by atoms with E-state index >= 15 is 0 Å². The second kappa shape index (κ2) is 6.63. The van der Waals surface area contributed by atoms with Crippen molar-refractivity contribution in [2.24, 2.45) is 0 Å². The number of rotatable bonds is 3. The molecule has 1 heterocycles. The summed E-state index contributed by atoms with van der Waals surface area (Å²) in [7, 11) is 0. The van der Waals surface area contributed by atoms with Gasteiger partial charge in [0.05, 0.1) is 5.54 Å². The number of carbonyl (C=O) groups excluding carboxylic acids is 2. The van der Waals surface area contributed by atoms with Gasteiger partial charge in [-0.25, -0.2) is 0 Å². The molecule has 2 N–H and O–H groups in total. The maximum absolute atomic E-state index is 12.4. The zero-order valence-electron chi connectivity index (χ0n) is 14.5.